The number of benzene rings is 2. The lowest BCUT2D eigenvalue weighted by atomic mass is 10.1. The predicted molar refractivity (Wildman–Crippen MR) is 108 cm³/mol. The third kappa shape index (κ3) is 4.58. The van der Waals surface area contributed by atoms with E-state index in [-0.39, 0.29) is 12.2 Å². The first kappa shape index (κ1) is 20.6. The SMILES string of the molecule is NCc1cc(Oc2ccc3c(c2)CCN3C(=O)Nc2cccc(C(F)(F)F)c2)ncn1. The summed E-state index contributed by atoms with van der Waals surface area (Å²) in [6.07, 6.45) is -2.53. The molecule has 0 bridgehead atoms. The Balaban J connectivity index is 1.48. The molecule has 2 amide bonds. The van der Waals surface area contributed by atoms with Gasteiger partial charge in [0.1, 0.15) is 12.1 Å². The van der Waals surface area contributed by atoms with Crippen LogP contribution in [-0.2, 0) is 19.1 Å². The molecule has 3 N–H and O–H groups in total. The molecule has 0 saturated carbocycles. The van der Waals surface area contributed by atoms with Gasteiger partial charge in [0, 0.05) is 30.5 Å². The van der Waals surface area contributed by atoms with Crippen molar-refractivity contribution >= 4 is 17.4 Å². The molecule has 0 unspecified atom stereocenters. The number of nitrogens with two attached hydrogens (primary N) is 1. The van der Waals surface area contributed by atoms with Crippen molar-refractivity contribution in [1.82, 2.24) is 9.97 Å². The summed E-state index contributed by atoms with van der Waals surface area (Å²) in [6.45, 7) is 0.660. The molecule has 1 aromatic heterocycles. The van der Waals surface area contributed by atoms with Gasteiger partial charge in [0.2, 0.25) is 5.88 Å². The van der Waals surface area contributed by atoms with Gasteiger partial charge >= 0.3 is 12.2 Å². The summed E-state index contributed by atoms with van der Waals surface area (Å²) < 4.78 is 44.4. The zero-order valence-corrected chi connectivity index (χ0v) is 16.2. The smallest absolute Gasteiger partial charge is 0.416 e. The highest BCUT2D eigenvalue weighted by Gasteiger charge is 2.31. The molecule has 7 nitrogen and oxygen atoms in total. The summed E-state index contributed by atoms with van der Waals surface area (Å²) in [7, 11) is 0. The van der Waals surface area contributed by atoms with E-state index in [4.69, 9.17) is 10.5 Å². The summed E-state index contributed by atoms with van der Waals surface area (Å²) in [5, 5.41) is 2.53. The minimum atomic E-state index is -4.48. The van der Waals surface area contributed by atoms with Crippen LogP contribution in [0.4, 0.5) is 29.3 Å². The van der Waals surface area contributed by atoms with Gasteiger partial charge in [0.25, 0.3) is 0 Å². The fourth-order valence-corrected chi connectivity index (χ4v) is 3.28. The van der Waals surface area contributed by atoms with Gasteiger partial charge in [-0.05, 0) is 48.4 Å². The Kier molecular flexibility index (Phi) is 5.47. The Morgan fingerprint density at radius 1 is 1.16 bits per heavy atom. The van der Waals surface area contributed by atoms with Crippen LogP contribution in [0.1, 0.15) is 16.8 Å². The van der Waals surface area contributed by atoms with Gasteiger partial charge < -0.3 is 15.8 Å². The van der Waals surface area contributed by atoms with Crippen molar-refractivity contribution in [2.45, 2.75) is 19.1 Å². The second-order valence-electron chi connectivity index (χ2n) is 6.85. The highest BCUT2D eigenvalue weighted by molar-refractivity contribution is 6.03. The van der Waals surface area contributed by atoms with E-state index in [1.807, 2.05) is 0 Å². The van der Waals surface area contributed by atoms with Crippen molar-refractivity contribution in [1.29, 1.82) is 0 Å². The summed E-state index contributed by atoms with van der Waals surface area (Å²) >= 11 is 0. The molecule has 4 rings (SSSR count). The van der Waals surface area contributed by atoms with Gasteiger partial charge in [0.15, 0.2) is 0 Å². The number of hydrogen-bond acceptors (Lipinski definition) is 5. The molecule has 2 heterocycles. The Bertz CT molecular complexity index is 1120. The molecule has 31 heavy (non-hydrogen) atoms. The molecule has 3 aromatic rings. The maximum Gasteiger partial charge on any atom is 0.416 e. The second kappa shape index (κ2) is 8.23. The number of anilines is 2. The number of nitrogens with zero attached hydrogens (tertiary/aromatic N) is 3. The monoisotopic (exact) mass is 429 g/mol. The molecule has 160 valence electrons. The minimum Gasteiger partial charge on any atom is -0.439 e. The van der Waals surface area contributed by atoms with Crippen molar-refractivity contribution in [3.63, 3.8) is 0 Å². The molecule has 2 aromatic carbocycles. The number of halogens is 3. The number of fused-ring (bicyclic) bond motifs is 1. The van der Waals surface area contributed by atoms with Gasteiger partial charge in [-0.15, -0.1) is 0 Å². The molecule has 0 aliphatic carbocycles. The standard InChI is InChI=1S/C21H18F3N5O2/c22-21(23,24)14-2-1-3-15(9-14)28-20(30)29-7-6-13-8-17(4-5-18(13)29)31-19-10-16(11-25)26-12-27-19/h1-5,8-10,12H,6-7,11,25H2,(H,28,30). The van der Waals surface area contributed by atoms with Crippen LogP contribution in [0.5, 0.6) is 11.6 Å². The average molecular weight is 429 g/mol. The fourth-order valence-electron chi connectivity index (χ4n) is 3.28. The van der Waals surface area contributed by atoms with Crippen LogP contribution < -0.4 is 20.7 Å². The molecule has 0 radical (unpaired) electrons. The largest absolute Gasteiger partial charge is 0.439 e. The highest BCUT2D eigenvalue weighted by atomic mass is 19.4. The van der Waals surface area contributed by atoms with Crippen molar-refractivity contribution in [3.8, 4) is 11.6 Å². The van der Waals surface area contributed by atoms with Crippen LogP contribution in [0.3, 0.4) is 0 Å². The highest BCUT2D eigenvalue weighted by Crippen LogP contribution is 2.34. The lowest BCUT2D eigenvalue weighted by Crippen LogP contribution is -2.33. The maximum absolute atomic E-state index is 12.9. The third-order valence-electron chi connectivity index (χ3n) is 4.76. The van der Waals surface area contributed by atoms with Crippen LogP contribution in [-0.4, -0.2) is 22.5 Å². The van der Waals surface area contributed by atoms with E-state index in [0.717, 1.165) is 17.7 Å². The summed E-state index contributed by atoms with van der Waals surface area (Å²) in [6, 6.07) is 10.9. The Morgan fingerprint density at radius 3 is 2.77 bits per heavy atom. The molecule has 1 aliphatic heterocycles. The summed E-state index contributed by atoms with van der Waals surface area (Å²) in [5.74, 6) is 0.896. The van der Waals surface area contributed by atoms with E-state index in [9.17, 15) is 18.0 Å². The van der Waals surface area contributed by atoms with Crippen LogP contribution in [0.15, 0.2) is 54.9 Å². The first-order valence-electron chi connectivity index (χ1n) is 9.41. The molecule has 0 saturated heterocycles. The van der Waals surface area contributed by atoms with Crippen LogP contribution in [0.25, 0.3) is 0 Å². The molecular formula is C21H18F3N5O2. The molecule has 0 spiro atoms. The quantitative estimate of drug-likeness (QED) is 0.644. The van der Waals surface area contributed by atoms with Crippen molar-refractivity contribution < 1.29 is 22.7 Å². The molecule has 0 atom stereocenters. The van der Waals surface area contributed by atoms with E-state index in [1.165, 1.54) is 23.4 Å². The number of carbonyl (C=O) groups is 1. The number of urea groups is 1. The maximum atomic E-state index is 12.9. The normalized spacial score (nSPS) is 13.1. The number of amides is 2. The van der Waals surface area contributed by atoms with E-state index >= 15 is 0 Å². The van der Waals surface area contributed by atoms with E-state index < -0.39 is 17.8 Å². The number of hydrogen-bond donors (Lipinski definition) is 2. The molecule has 0 fully saturated rings. The Morgan fingerprint density at radius 2 is 2.00 bits per heavy atom. The number of ether oxygens (including phenoxy) is 1. The van der Waals surface area contributed by atoms with Crippen LogP contribution in [0, 0.1) is 0 Å². The second-order valence-corrected chi connectivity index (χ2v) is 6.85. The van der Waals surface area contributed by atoms with E-state index in [1.54, 1.807) is 24.3 Å². The molecule has 1 aliphatic rings. The minimum absolute atomic E-state index is 0.0766. The first-order chi connectivity index (χ1) is 14.8. The average Bonchev–Trinajstić information content (AvgIpc) is 3.17. The predicted octanol–water partition coefficient (Wildman–Crippen LogP) is 4.34. The third-order valence-corrected chi connectivity index (χ3v) is 4.76. The van der Waals surface area contributed by atoms with Crippen molar-refractivity contribution in [2.24, 2.45) is 5.73 Å². The molecular weight excluding hydrogens is 411 g/mol. The number of nitrogens with one attached hydrogen (secondary N) is 1. The fraction of sp³-hybridized carbons (Fsp3) is 0.190. The van der Waals surface area contributed by atoms with Gasteiger partial charge in [-0.25, -0.2) is 14.8 Å². The Hall–Kier alpha value is -3.66. The molecule has 10 heteroatoms. The topological polar surface area (TPSA) is 93.4 Å². The van der Waals surface area contributed by atoms with Crippen molar-refractivity contribution in [2.75, 3.05) is 16.8 Å². The number of alkyl halides is 3. The zero-order valence-electron chi connectivity index (χ0n) is 16.2. The number of aromatic nitrogens is 2. The lowest BCUT2D eigenvalue weighted by Gasteiger charge is -2.19. The van der Waals surface area contributed by atoms with Crippen LogP contribution in [0.2, 0.25) is 0 Å². The lowest BCUT2D eigenvalue weighted by molar-refractivity contribution is -0.137. The summed E-state index contributed by atoms with van der Waals surface area (Å²) in [5.41, 5.74) is 7.01. The van der Waals surface area contributed by atoms with Crippen molar-refractivity contribution in [3.05, 3.63) is 71.7 Å². The van der Waals surface area contributed by atoms with E-state index in [2.05, 4.69) is 15.3 Å². The Labute approximate surface area is 175 Å². The summed E-state index contributed by atoms with van der Waals surface area (Å²) in [4.78, 5) is 22.2. The van der Waals surface area contributed by atoms with Gasteiger partial charge in [-0.1, -0.05) is 6.07 Å². The van der Waals surface area contributed by atoms with Crippen LogP contribution >= 0.6 is 0 Å². The first-order valence-corrected chi connectivity index (χ1v) is 9.41. The zero-order chi connectivity index (χ0) is 22.0. The number of rotatable bonds is 4. The van der Waals surface area contributed by atoms with Gasteiger partial charge in [0.05, 0.1) is 11.3 Å². The number of carbonyl (C=O) groups excluding carboxylic acids is 1. The van der Waals surface area contributed by atoms with Gasteiger partial charge in [-0.3, -0.25) is 4.90 Å². The van der Waals surface area contributed by atoms with E-state index in [0.29, 0.717) is 36.0 Å². The van der Waals surface area contributed by atoms with Gasteiger partial charge in [-0.2, -0.15) is 13.2 Å².